The molecule has 0 saturated carbocycles. The van der Waals surface area contributed by atoms with Gasteiger partial charge in [-0.2, -0.15) is 16.9 Å². The Morgan fingerprint density at radius 1 is 1.50 bits per heavy atom. The molecule has 0 aromatic carbocycles. The Kier molecular flexibility index (Phi) is 4.79. The average Bonchev–Trinajstić information content (AvgIpc) is 2.82. The molecule has 5 nitrogen and oxygen atoms in total. The SMILES string of the molecule is CSCC(=O)NC(C)c1cnn(-c2ccccn2)c1C. The number of hydrogen-bond donors (Lipinski definition) is 1. The minimum atomic E-state index is -0.0629. The van der Waals surface area contributed by atoms with E-state index in [9.17, 15) is 4.79 Å². The first-order valence-corrected chi connectivity index (χ1v) is 7.77. The third-order valence-corrected chi connectivity index (χ3v) is 3.58. The van der Waals surface area contributed by atoms with E-state index in [0.29, 0.717) is 5.75 Å². The Hall–Kier alpha value is -1.82. The lowest BCUT2D eigenvalue weighted by molar-refractivity contribution is -0.119. The number of carbonyl (C=O) groups is 1. The van der Waals surface area contributed by atoms with Crippen molar-refractivity contribution in [3.05, 3.63) is 41.9 Å². The van der Waals surface area contributed by atoms with Crippen LogP contribution in [0.25, 0.3) is 5.82 Å². The van der Waals surface area contributed by atoms with E-state index in [1.807, 2.05) is 38.3 Å². The van der Waals surface area contributed by atoms with Gasteiger partial charge in [0, 0.05) is 17.5 Å². The molecule has 1 N–H and O–H groups in total. The average molecular weight is 290 g/mol. The van der Waals surface area contributed by atoms with Crippen LogP contribution < -0.4 is 5.32 Å². The van der Waals surface area contributed by atoms with Gasteiger partial charge in [0.2, 0.25) is 5.91 Å². The topological polar surface area (TPSA) is 59.8 Å². The number of amides is 1. The van der Waals surface area contributed by atoms with Crippen molar-refractivity contribution in [1.29, 1.82) is 0 Å². The van der Waals surface area contributed by atoms with Crippen molar-refractivity contribution in [1.82, 2.24) is 20.1 Å². The second kappa shape index (κ2) is 6.56. The predicted octanol–water partition coefficient (Wildman–Crippen LogP) is 2.12. The highest BCUT2D eigenvalue weighted by Crippen LogP contribution is 2.19. The van der Waals surface area contributed by atoms with Gasteiger partial charge in [-0.15, -0.1) is 0 Å². The van der Waals surface area contributed by atoms with Crippen LogP contribution in [0.3, 0.4) is 0 Å². The van der Waals surface area contributed by atoms with Crippen LogP contribution in [0, 0.1) is 6.92 Å². The molecule has 20 heavy (non-hydrogen) atoms. The number of pyridine rings is 1. The fraction of sp³-hybridized carbons (Fsp3) is 0.357. The zero-order valence-corrected chi connectivity index (χ0v) is 12.6. The molecule has 6 heteroatoms. The summed E-state index contributed by atoms with van der Waals surface area (Å²) >= 11 is 1.51. The highest BCUT2D eigenvalue weighted by Gasteiger charge is 2.16. The first kappa shape index (κ1) is 14.6. The van der Waals surface area contributed by atoms with Crippen LogP contribution in [0.4, 0.5) is 0 Å². The second-order valence-electron chi connectivity index (χ2n) is 4.51. The number of hydrogen-bond acceptors (Lipinski definition) is 4. The summed E-state index contributed by atoms with van der Waals surface area (Å²) in [6.07, 6.45) is 5.43. The Bertz CT molecular complexity index is 582. The van der Waals surface area contributed by atoms with Gasteiger partial charge in [-0.05, 0) is 32.2 Å². The van der Waals surface area contributed by atoms with E-state index in [1.54, 1.807) is 17.1 Å². The van der Waals surface area contributed by atoms with Crippen LogP contribution in [0.5, 0.6) is 0 Å². The van der Waals surface area contributed by atoms with Gasteiger partial charge in [-0.3, -0.25) is 4.79 Å². The van der Waals surface area contributed by atoms with E-state index in [1.165, 1.54) is 11.8 Å². The smallest absolute Gasteiger partial charge is 0.230 e. The van der Waals surface area contributed by atoms with Crippen molar-refractivity contribution < 1.29 is 4.79 Å². The van der Waals surface area contributed by atoms with Crippen LogP contribution >= 0.6 is 11.8 Å². The minimum Gasteiger partial charge on any atom is -0.349 e. The number of thioether (sulfide) groups is 1. The van der Waals surface area contributed by atoms with Crippen LogP contribution in [0.2, 0.25) is 0 Å². The summed E-state index contributed by atoms with van der Waals surface area (Å²) in [6.45, 7) is 3.94. The Morgan fingerprint density at radius 2 is 2.30 bits per heavy atom. The van der Waals surface area contributed by atoms with E-state index >= 15 is 0 Å². The van der Waals surface area contributed by atoms with Gasteiger partial charge in [0.25, 0.3) is 0 Å². The Balaban J connectivity index is 2.19. The van der Waals surface area contributed by atoms with E-state index < -0.39 is 0 Å². The molecule has 2 aromatic heterocycles. The summed E-state index contributed by atoms with van der Waals surface area (Å²) in [7, 11) is 0. The molecule has 0 radical (unpaired) electrons. The molecular weight excluding hydrogens is 272 g/mol. The fourth-order valence-electron chi connectivity index (χ4n) is 2.05. The molecule has 1 unspecified atom stereocenters. The first-order chi connectivity index (χ1) is 9.63. The molecule has 0 spiro atoms. The van der Waals surface area contributed by atoms with Crippen molar-refractivity contribution in [2.24, 2.45) is 0 Å². The summed E-state index contributed by atoms with van der Waals surface area (Å²) in [4.78, 5) is 15.9. The number of nitrogens with one attached hydrogen (secondary N) is 1. The zero-order chi connectivity index (χ0) is 14.5. The van der Waals surface area contributed by atoms with Crippen molar-refractivity contribution in [3.63, 3.8) is 0 Å². The largest absolute Gasteiger partial charge is 0.349 e. The van der Waals surface area contributed by atoms with Crippen LogP contribution in [0.1, 0.15) is 24.2 Å². The highest BCUT2D eigenvalue weighted by atomic mass is 32.2. The lowest BCUT2D eigenvalue weighted by Gasteiger charge is -2.13. The zero-order valence-electron chi connectivity index (χ0n) is 11.8. The minimum absolute atomic E-state index is 0.0370. The van der Waals surface area contributed by atoms with Gasteiger partial charge in [-0.25, -0.2) is 9.67 Å². The van der Waals surface area contributed by atoms with E-state index in [2.05, 4.69) is 15.4 Å². The maximum absolute atomic E-state index is 11.6. The number of aromatic nitrogens is 3. The van der Waals surface area contributed by atoms with Gasteiger partial charge in [0.05, 0.1) is 18.0 Å². The van der Waals surface area contributed by atoms with Gasteiger partial charge >= 0.3 is 0 Å². The molecule has 1 amide bonds. The molecule has 0 aliphatic rings. The Labute approximate surface area is 122 Å². The number of nitrogens with zero attached hydrogens (tertiary/aromatic N) is 3. The van der Waals surface area contributed by atoms with Gasteiger partial charge in [0.15, 0.2) is 5.82 Å². The van der Waals surface area contributed by atoms with Crippen LogP contribution in [0.15, 0.2) is 30.6 Å². The summed E-state index contributed by atoms with van der Waals surface area (Å²) in [5, 5.41) is 7.33. The summed E-state index contributed by atoms with van der Waals surface area (Å²) < 4.78 is 1.78. The molecule has 2 rings (SSSR count). The van der Waals surface area contributed by atoms with Crippen molar-refractivity contribution in [2.45, 2.75) is 19.9 Å². The Morgan fingerprint density at radius 3 is 2.95 bits per heavy atom. The molecule has 2 heterocycles. The number of rotatable bonds is 5. The van der Waals surface area contributed by atoms with Crippen molar-refractivity contribution in [3.8, 4) is 5.82 Å². The molecule has 2 aromatic rings. The van der Waals surface area contributed by atoms with Crippen LogP contribution in [-0.2, 0) is 4.79 Å². The highest BCUT2D eigenvalue weighted by molar-refractivity contribution is 7.99. The first-order valence-electron chi connectivity index (χ1n) is 6.37. The maximum atomic E-state index is 11.6. The maximum Gasteiger partial charge on any atom is 0.230 e. The predicted molar refractivity (Wildman–Crippen MR) is 81.0 cm³/mol. The van der Waals surface area contributed by atoms with Crippen LogP contribution in [-0.4, -0.2) is 32.7 Å². The van der Waals surface area contributed by atoms with E-state index in [-0.39, 0.29) is 11.9 Å². The van der Waals surface area contributed by atoms with Gasteiger partial charge in [0.1, 0.15) is 0 Å². The normalized spacial score (nSPS) is 12.2. The van der Waals surface area contributed by atoms with E-state index in [4.69, 9.17) is 0 Å². The third-order valence-electron chi connectivity index (χ3n) is 3.03. The third kappa shape index (κ3) is 3.19. The molecule has 0 bridgehead atoms. The molecule has 106 valence electrons. The molecule has 0 aliphatic carbocycles. The monoisotopic (exact) mass is 290 g/mol. The van der Waals surface area contributed by atoms with Crippen molar-refractivity contribution in [2.75, 3.05) is 12.0 Å². The quantitative estimate of drug-likeness (QED) is 0.916. The van der Waals surface area contributed by atoms with Gasteiger partial charge in [-0.1, -0.05) is 6.07 Å². The fourth-order valence-corrected chi connectivity index (χ4v) is 2.39. The van der Waals surface area contributed by atoms with Gasteiger partial charge < -0.3 is 5.32 Å². The number of carbonyl (C=O) groups excluding carboxylic acids is 1. The lowest BCUT2D eigenvalue weighted by atomic mass is 10.1. The summed E-state index contributed by atoms with van der Waals surface area (Å²) in [6, 6.07) is 5.63. The lowest BCUT2D eigenvalue weighted by Crippen LogP contribution is -2.28. The summed E-state index contributed by atoms with van der Waals surface area (Å²) in [5.74, 6) is 1.28. The second-order valence-corrected chi connectivity index (χ2v) is 5.37. The summed E-state index contributed by atoms with van der Waals surface area (Å²) in [5.41, 5.74) is 1.99. The molecule has 0 aliphatic heterocycles. The standard InChI is InChI=1S/C14H18N4OS/c1-10(17-14(19)9-20-3)12-8-16-18(11(12)2)13-6-4-5-7-15-13/h4-8,10H,9H2,1-3H3,(H,17,19). The molecular formula is C14H18N4OS. The van der Waals surface area contributed by atoms with E-state index in [0.717, 1.165) is 17.1 Å². The molecule has 1 atom stereocenters. The molecule has 0 fully saturated rings. The van der Waals surface area contributed by atoms with Crippen molar-refractivity contribution >= 4 is 17.7 Å². The molecule has 0 saturated heterocycles.